The molecule has 88 valence electrons. The molecule has 2 aromatic rings. The molecular weight excluding hydrogens is 247 g/mol. The summed E-state index contributed by atoms with van der Waals surface area (Å²) in [6.07, 6.45) is 2.60. The lowest BCUT2D eigenvalue weighted by molar-refractivity contribution is 0.0697. The molecule has 0 spiro atoms. The fraction of sp³-hybridized carbons (Fsp3) is 0.0909. The first-order valence-electron chi connectivity index (χ1n) is 4.76. The second kappa shape index (κ2) is 4.55. The van der Waals surface area contributed by atoms with Gasteiger partial charge in [0, 0.05) is 6.20 Å². The molecule has 0 fully saturated rings. The van der Waals surface area contributed by atoms with Crippen LogP contribution >= 0.6 is 11.6 Å². The van der Waals surface area contributed by atoms with Gasteiger partial charge in [-0.15, -0.1) is 0 Å². The quantitative estimate of drug-likeness (QED) is 0.915. The van der Waals surface area contributed by atoms with Gasteiger partial charge in [0.25, 0.3) is 0 Å². The molecule has 1 aromatic heterocycles. The van der Waals surface area contributed by atoms with E-state index >= 15 is 0 Å². The maximum Gasteiger partial charge on any atom is 0.338 e. The van der Waals surface area contributed by atoms with Crippen molar-refractivity contribution in [3.63, 3.8) is 0 Å². The number of carboxylic acids is 1. The van der Waals surface area contributed by atoms with Crippen LogP contribution in [0.4, 0.5) is 4.39 Å². The van der Waals surface area contributed by atoms with Crippen LogP contribution in [-0.4, -0.2) is 20.9 Å². The van der Waals surface area contributed by atoms with E-state index in [1.54, 1.807) is 6.07 Å². The molecule has 0 amide bonds. The molecule has 0 aliphatic heterocycles. The lowest BCUT2D eigenvalue weighted by Crippen LogP contribution is -2.01. The van der Waals surface area contributed by atoms with Crippen molar-refractivity contribution in [3.05, 3.63) is 52.6 Å². The smallest absolute Gasteiger partial charge is 0.338 e. The highest BCUT2D eigenvalue weighted by Gasteiger charge is 2.09. The zero-order valence-electron chi connectivity index (χ0n) is 8.60. The second-order valence-corrected chi connectivity index (χ2v) is 3.82. The molecular formula is C11H8ClFN2O2. The monoisotopic (exact) mass is 254 g/mol. The summed E-state index contributed by atoms with van der Waals surface area (Å²) >= 11 is 5.78. The molecule has 1 N–H and O–H groups in total. The van der Waals surface area contributed by atoms with Gasteiger partial charge >= 0.3 is 5.97 Å². The molecule has 0 aliphatic rings. The molecule has 1 heterocycles. The van der Waals surface area contributed by atoms with Crippen molar-refractivity contribution in [1.29, 1.82) is 0 Å². The van der Waals surface area contributed by atoms with Crippen molar-refractivity contribution in [3.8, 4) is 0 Å². The maximum absolute atomic E-state index is 13.2. The predicted molar refractivity (Wildman–Crippen MR) is 59.7 cm³/mol. The Morgan fingerprint density at radius 1 is 1.53 bits per heavy atom. The number of hydrogen-bond acceptors (Lipinski definition) is 2. The van der Waals surface area contributed by atoms with Crippen LogP contribution in [0.25, 0.3) is 0 Å². The van der Waals surface area contributed by atoms with Crippen LogP contribution in [0.3, 0.4) is 0 Å². The molecule has 0 aliphatic carbocycles. The lowest BCUT2D eigenvalue weighted by Gasteiger charge is -2.04. The van der Waals surface area contributed by atoms with Gasteiger partial charge in [0.15, 0.2) is 0 Å². The van der Waals surface area contributed by atoms with Crippen molar-refractivity contribution >= 4 is 17.6 Å². The fourth-order valence-corrected chi connectivity index (χ4v) is 1.59. The molecule has 1 aromatic carbocycles. The van der Waals surface area contributed by atoms with Crippen LogP contribution in [0.2, 0.25) is 5.02 Å². The summed E-state index contributed by atoms with van der Waals surface area (Å²) in [6.45, 7) is 0.226. The zero-order chi connectivity index (χ0) is 12.4. The molecule has 0 unspecified atom stereocenters. The van der Waals surface area contributed by atoms with E-state index in [9.17, 15) is 9.18 Å². The Kier molecular flexibility index (Phi) is 3.10. The molecule has 0 bridgehead atoms. The highest BCUT2D eigenvalue weighted by atomic mass is 35.5. The molecule has 4 nitrogen and oxygen atoms in total. The van der Waals surface area contributed by atoms with Crippen LogP contribution in [0.5, 0.6) is 0 Å². The predicted octanol–water partition coefficient (Wildman–Crippen LogP) is 2.42. The van der Waals surface area contributed by atoms with Crippen LogP contribution in [0.15, 0.2) is 30.6 Å². The van der Waals surface area contributed by atoms with Crippen molar-refractivity contribution < 1.29 is 14.3 Å². The minimum atomic E-state index is -1.05. The van der Waals surface area contributed by atoms with Gasteiger partial charge in [0.05, 0.1) is 23.3 Å². The van der Waals surface area contributed by atoms with Gasteiger partial charge in [-0.05, 0) is 11.6 Å². The first-order valence-corrected chi connectivity index (χ1v) is 5.14. The van der Waals surface area contributed by atoms with Crippen molar-refractivity contribution in [2.24, 2.45) is 0 Å². The first-order chi connectivity index (χ1) is 8.08. The Morgan fingerprint density at radius 3 is 2.94 bits per heavy atom. The average Bonchev–Trinajstić information content (AvgIpc) is 2.73. The third-order valence-electron chi connectivity index (χ3n) is 2.24. The highest BCUT2D eigenvalue weighted by molar-refractivity contribution is 6.31. The third-order valence-corrected chi connectivity index (χ3v) is 2.67. The normalized spacial score (nSPS) is 10.5. The number of carboxylic acid groups (broad SMARTS) is 1. The molecule has 2 rings (SSSR count). The van der Waals surface area contributed by atoms with Gasteiger partial charge in [0.2, 0.25) is 0 Å². The lowest BCUT2D eigenvalue weighted by atomic mass is 10.2. The second-order valence-electron chi connectivity index (χ2n) is 3.44. The van der Waals surface area contributed by atoms with Gasteiger partial charge in [-0.2, -0.15) is 5.10 Å². The van der Waals surface area contributed by atoms with E-state index in [1.807, 2.05) is 0 Å². The van der Waals surface area contributed by atoms with Gasteiger partial charge in [-0.3, -0.25) is 4.68 Å². The Bertz CT molecular complexity index is 568. The summed E-state index contributed by atoms with van der Waals surface area (Å²) in [5, 5.41) is 12.6. The number of aromatic nitrogens is 2. The van der Waals surface area contributed by atoms with Gasteiger partial charge < -0.3 is 5.11 Å². The van der Waals surface area contributed by atoms with Crippen LogP contribution < -0.4 is 0 Å². The minimum Gasteiger partial charge on any atom is -0.478 e. The summed E-state index contributed by atoms with van der Waals surface area (Å²) in [6, 6.07) is 4.46. The van der Waals surface area contributed by atoms with Crippen molar-refractivity contribution in [1.82, 2.24) is 9.78 Å². The molecule has 0 radical (unpaired) electrons. The summed E-state index contributed by atoms with van der Waals surface area (Å²) in [7, 11) is 0. The number of benzene rings is 1. The Labute approximate surface area is 101 Å². The largest absolute Gasteiger partial charge is 0.478 e. The number of hydrogen-bond donors (Lipinski definition) is 1. The summed E-state index contributed by atoms with van der Waals surface area (Å²) in [5.74, 6) is -1.56. The summed E-state index contributed by atoms with van der Waals surface area (Å²) in [5.41, 5.74) is 0.629. The average molecular weight is 255 g/mol. The standard InChI is InChI=1S/C11H8ClFN2O2/c12-10-7(2-1-3-9(10)13)5-15-6-8(4-14-15)11(16)17/h1-4,6H,5H2,(H,16,17). The van der Waals surface area contributed by atoms with Crippen molar-refractivity contribution in [2.75, 3.05) is 0 Å². The number of carbonyl (C=O) groups is 1. The van der Waals surface area contributed by atoms with E-state index in [4.69, 9.17) is 16.7 Å². The summed E-state index contributed by atoms with van der Waals surface area (Å²) < 4.78 is 14.6. The first kappa shape index (κ1) is 11.6. The van der Waals surface area contributed by atoms with E-state index in [0.29, 0.717) is 5.56 Å². The molecule has 17 heavy (non-hydrogen) atoms. The molecule has 0 atom stereocenters. The SMILES string of the molecule is O=C(O)c1cnn(Cc2cccc(F)c2Cl)c1. The Hall–Kier alpha value is -1.88. The topological polar surface area (TPSA) is 55.1 Å². The fourth-order valence-electron chi connectivity index (χ4n) is 1.41. The van der Waals surface area contributed by atoms with Gasteiger partial charge in [-0.25, -0.2) is 9.18 Å². The van der Waals surface area contributed by atoms with E-state index in [2.05, 4.69) is 5.10 Å². The number of nitrogens with zero attached hydrogens (tertiary/aromatic N) is 2. The Morgan fingerprint density at radius 2 is 2.29 bits per heavy atom. The highest BCUT2D eigenvalue weighted by Crippen LogP contribution is 2.20. The number of rotatable bonds is 3. The maximum atomic E-state index is 13.2. The molecule has 0 saturated carbocycles. The van der Waals surface area contributed by atoms with Crippen LogP contribution in [0, 0.1) is 5.82 Å². The zero-order valence-corrected chi connectivity index (χ0v) is 9.36. The van der Waals surface area contributed by atoms with Gasteiger partial charge in [0.1, 0.15) is 5.82 Å². The van der Waals surface area contributed by atoms with E-state index < -0.39 is 11.8 Å². The van der Waals surface area contributed by atoms with Crippen molar-refractivity contribution in [2.45, 2.75) is 6.54 Å². The van der Waals surface area contributed by atoms with Crippen LogP contribution in [0.1, 0.15) is 15.9 Å². The third kappa shape index (κ3) is 2.45. The van der Waals surface area contributed by atoms with E-state index in [0.717, 1.165) is 0 Å². The Balaban J connectivity index is 2.25. The molecule has 0 saturated heterocycles. The number of halogens is 2. The van der Waals surface area contributed by atoms with Gasteiger partial charge in [-0.1, -0.05) is 23.7 Å². The summed E-state index contributed by atoms with van der Waals surface area (Å²) in [4.78, 5) is 10.6. The van der Waals surface area contributed by atoms with Crippen LogP contribution in [-0.2, 0) is 6.54 Å². The molecule has 6 heteroatoms. The minimum absolute atomic E-state index is 0.0277. The number of aromatic carboxylic acids is 1. The van der Waals surface area contributed by atoms with E-state index in [-0.39, 0.29) is 17.1 Å². The van der Waals surface area contributed by atoms with E-state index in [1.165, 1.54) is 29.2 Å².